The quantitative estimate of drug-likeness (QED) is 0.749. The lowest BCUT2D eigenvalue weighted by atomic mass is 9.87. The summed E-state index contributed by atoms with van der Waals surface area (Å²) in [6.07, 6.45) is 0.810. The van der Waals surface area contributed by atoms with Gasteiger partial charge in [-0.1, -0.05) is 17.2 Å². The number of amides is 1. The molecule has 0 radical (unpaired) electrons. The van der Waals surface area contributed by atoms with E-state index in [1.807, 2.05) is 30.9 Å². The van der Waals surface area contributed by atoms with Crippen molar-refractivity contribution in [1.29, 1.82) is 0 Å². The Balaban J connectivity index is 1.66. The minimum Gasteiger partial charge on any atom is -0.338 e. The summed E-state index contributed by atoms with van der Waals surface area (Å²) in [6, 6.07) is 5.89. The van der Waals surface area contributed by atoms with Crippen LogP contribution in [0.2, 0.25) is 0 Å². The highest BCUT2D eigenvalue weighted by Crippen LogP contribution is 2.37. The number of carbonyl (C=O) groups is 1. The van der Waals surface area contributed by atoms with E-state index < -0.39 is 11.1 Å². The third-order valence-corrected chi connectivity index (χ3v) is 5.72. The Bertz CT molecular complexity index is 1020. The number of benzene rings is 1. The van der Waals surface area contributed by atoms with Gasteiger partial charge in [-0.2, -0.15) is 5.10 Å². The first-order valence-corrected chi connectivity index (χ1v) is 9.48. The molecule has 0 N–H and O–H groups in total. The van der Waals surface area contributed by atoms with Gasteiger partial charge in [-0.15, -0.1) is 0 Å². The zero-order chi connectivity index (χ0) is 19.3. The number of nitrogens with zero attached hydrogens (tertiary/aromatic N) is 4. The van der Waals surface area contributed by atoms with E-state index in [0.717, 1.165) is 17.5 Å². The van der Waals surface area contributed by atoms with E-state index in [1.165, 1.54) is 9.25 Å². The molecule has 0 bridgehead atoms. The van der Waals surface area contributed by atoms with Gasteiger partial charge in [0.1, 0.15) is 5.82 Å². The molecule has 0 spiro atoms. The SMILES string of the molecule is CCn1nc2n(c(=O)c1=O)C[C@@H]1CCN(C(=O)c3cc(C)cc(C)c3)C[C@H]21. The van der Waals surface area contributed by atoms with Crippen molar-refractivity contribution in [3.63, 3.8) is 0 Å². The van der Waals surface area contributed by atoms with Crippen molar-refractivity contribution >= 4 is 5.91 Å². The minimum atomic E-state index is -0.567. The molecule has 0 unspecified atom stereocenters. The Kier molecular flexibility index (Phi) is 4.25. The maximum Gasteiger partial charge on any atom is 0.332 e. The largest absolute Gasteiger partial charge is 0.338 e. The Labute approximate surface area is 157 Å². The molecule has 27 heavy (non-hydrogen) atoms. The van der Waals surface area contributed by atoms with Crippen LogP contribution in [0.25, 0.3) is 0 Å². The Hall–Kier alpha value is -2.70. The number of hydrogen-bond donors (Lipinski definition) is 0. The monoisotopic (exact) mass is 368 g/mol. The first kappa shape index (κ1) is 17.7. The van der Waals surface area contributed by atoms with E-state index in [0.29, 0.717) is 37.6 Å². The zero-order valence-electron chi connectivity index (χ0n) is 15.9. The van der Waals surface area contributed by atoms with Gasteiger partial charge in [-0.3, -0.25) is 19.0 Å². The summed E-state index contributed by atoms with van der Waals surface area (Å²) >= 11 is 0. The van der Waals surface area contributed by atoms with E-state index in [1.54, 1.807) is 6.92 Å². The standard InChI is InChI=1S/C20H24N4O3/c1-4-24-20(27)19(26)23-10-14-5-6-22(11-16(14)17(23)21-24)18(25)15-8-12(2)7-13(3)9-15/h7-9,14,16H,4-6,10-11H2,1-3H3/t14-,16-/m0/s1. The molecule has 1 aromatic carbocycles. The summed E-state index contributed by atoms with van der Waals surface area (Å²) in [5, 5.41) is 4.44. The predicted molar refractivity (Wildman–Crippen MR) is 101 cm³/mol. The molecule has 4 rings (SSSR count). The molecule has 7 heteroatoms. The molecule has 7 nitrogen and oxygen atoms in total. The van der Waals surface area contributed by atoms with Crippen LogP contribution in [0.4, 0.5) is 0 Å². The van der Waals surface area contributed by atoms with Crippen LogP contribution in [0.15, 0.2) is 27.8 Å². The topological polar surface area (TPSA) is 77.2 Å². The molecule has 2 aliphatic rings. The van der Waals surface area contributed by atoms with E-state index >= 15 is 0 Å². The molecule has 0 saturated carbocycles. The number of hydrogen-bond acceptors (Lipinski definition) is 4. The second-order valence-corrected chi connectivity index (χ2v) is 7.68. The molecule has 1 aromatic heterocycles. The minimum absolute atomic E-state index is 0.000272. The fourth-order valence-electron chi connectivity index (χ4n) is 4.43. The van der Waals surface area contributed by atoms with Crippen molar-refractivity contribution in [3.8, 4) is 0 Å². The molecular formula is C20H24N4O3. The van der Waals surface area contributed by atoms with E-state index in [4.69, 9.17) is 0 Å². The van der Waals surface area contributed by atoms with Crippen molar-refractivity contribution in [2.45, 2.75) is 46.2 Å². The van der Waals surface area contributed by atoms with Gasteiger partial charge in [0, 0.05) is 37.7 Å². The van der Waals surface area contributed by atoms with E-state index in [2.05, 4.69) is 11.2 Å². The van der Waals surface area contributed by atoms with Crippen molar-refractivity contribution < 1.29 is 4.79 Å². The van der Waals surface area contributed by atoms with Gasteiger partial charge in [-0.25, -0.2) is 4.68 Å². The number of likely N-dealkylation sites (tertiary alicyclic amines) is 1. The van der Waals surface area contributed by atoms with Gasteiger partial charge in [0.2, 0.25) is 0 Å². The highest BCUT2D eigenvalue weighted by molar-refractivity contribution is 5.94. The van der Waals surface area contributed by atoms with Crippen LogP contribution in [0, 0.1) is 19.8 Å². The normalized spacial score (nSPS) is 21.1. The van der Waals surface area contributed by atoms with Crippen molar-refractivity contribution in [1.82, 2.24) is 19.2 Å². The third kappa shape index (κ3) is 2.91. The van der Waals surface area contributed by atoms with Gasteiger partial charge >= 0.3 is 11.1 Å². The van der Waals surface area contributed by atoms with Gasteiger partial charge in [0.05, 0.1) is 0 Å². The van der Waals surface area contributed by atoms with Crippen molar-refractivity contribution in [2.24, 2.45) is 5.92 Å². The fourth-order valence-corrected chi connectivity index (χ4v) is 4.43. The second kappa shape index (κ2) is 6.48. The molecule has 0 aliphatic carbocycles. The van der Waals surface area contributed by atoms with Crippen molar-refractivity contribution in [3.05, 3.63) is 61.4 Å². The van der Waals surface area contributed by atoms with Crippen LogP contribution in [-0.4, -0.2) is 38.2 Å². The number of carbonyl (C=O) groups excluding carboxylic acids is 1. The summed E-state index contributed by atoms with van der Waals surface area (Å²) in [4.78, 5) is 39.4. The molecule has 2 aliphatic heterocycles. The van der Waals surface area contributed by atoms with Gasteiger partial charge in [-0.05, 0) is 45.2 Å². The van der Waals surface area contributed by atoms with Crippen LogP contribution in [0.5, 0.6) is 0 Å². The summed E-state index contributed by atoms with van der Waals surface area (Å²) in [7, 11) is 0. The Morgan fingerprint density at radius 2 is 1.81 bits per heavy atom. The highest BCUT2D eigenvalue weighted by Gasteiger charge is 2.41. The number of fused-ring (bicyclic) bond motifs is 3. The number of rotatable bonds is 2. The van der Waals surface area contributed by atoms with Crippen LogP contribution in [-0.2, 0) is 13.1 Å². The number of piperidine rings is 1. The molecule has 1 amide bonds. The first-order chi connectivity index (χ1) is 12.9. The fraction of sp³-hybridized carbons (Fsp3) is 0.500. The molecule has 1 saturated heterocycles. The molecule has 1 fully saturated rings. The molecule has 2 atom stereocenters. The lowest BCUT2D eigenvalue weighted by Gasteiger charge is -2.34. The number of aryl methyl sites for hydroxylation is 3. The smallest absolute Gasteiger partial charge is 0.332 e. The Morgan fingerprint density at radius 1 is 1.11 bits per heavy atom. The van der Waals surface area contributed by atoms with Crippen LogP contribution >= 0.6 is 0 Å². The highest BCUT2D eigenvalue weighted by atomic mass is 16.2. The average Bonchev–Trinajstić information content (AvgIpc) is 3.01. The van der Waals surface area contributed by atoms with E-state index in [9.17, 15) is 14.4 Å². The second-order valence-electron chi connectivity index (χ2n) is 7.68. The number of aromatic nitrogens is 3. The maximum absolute atomic E-state index is 13.0. The lowest BCUT2D eigenvalue weighted by Crippen LogP contribution is -2.44. The average molecular weight is 368 g/mol. The summed E-state index contributed by atoms with van der Waals surface area (Å²) in [6.45, 7) is 7.86. The molecular weight excluding hydrogens is 344 g/mol. The molecule has 142 valence electrons. The molecule has 2 aromatic rings. The van der Waals surface area contributed by atoms with Crippen molar-refractivity contribution in [2.75, 3.05) is 13.1 Å². The first-order valence-electron chi connectivity index (χ1n) is 9.48. The summed E-state index contributed by atoms with van der Waals surface area (Å²) < 4.78 is 2.76. The van der Waals surface area contributed by atoms with Crippen LogP contribution in [0.3, 0.4) is 0 Å². The zero-order valence-corrected chi connectivity index (χ0v) is 15.9. The third-order valence-electron chi connectivity index (χ3n) is 5.72. The predicted octanol–water partition coefficient (Wildman–Crippen LogP) is 1.30. The van der Waals surface area contributed by atoms with Crippen LogP contribution < -0.4 is 11.1 Å². The Morgan fingerprint density at radius 3 is 2.48 bits per heavy atom. The summed E-state index contributed by atoms with van der Waals surface area (Å²) in [5.41, 5.74) is 1.78. The lowest BCUT2D eigenvalue weighted by molar-refractivity contribution is 0.0667. The maximum atomic E-state index is 13.0. The van der Waals surface area contributed by atoms with Crippen LogP contribution in [0.1, 0.15) is 46.6 Å². The van der Waals surface area contributed by atoms with Gasteiger partial charge < -0.3 is 4.90 Å². The van der Waals surface area contributed by atoms with E-state index in [-0.39, 0.29) is 17.7 Å². The van der Waals surface area contributed by atoms with Gasteiger partial charge in [0.25, 0.3) is 5.91 Å². The van der Waals surface area contributed by atoms with Gasteiger partial charge in [0.15, 0.2) is 0 Å². The molecule has 3 heterocycles. The summed E-state index contributed by atoms with van der Waals surface area (Å²) in [5.74, 6) is 0.912.